The molecule has 0 bridgehead atoms. The van der Waals surface area contributed by atoms with Crippen LogP contribution in [0.3, 0.4) is 0 Å². The molecule has 140 valence electrons. The molecule has 0 saturated carbocycles. The van der Waals surface area contributed by atoms with Gasteiger partial charge >= 0.3 is 0 Å². The highest BCUT2D eigenvalue weighted by molar-refractivity contribution is 5.97. The Kier molecular flexibility index (Phi) is 3.99. The van der Waals surface area contributed by atoms with Crippen LogP contribution >= 0.6 is 0 Å². The molecule has 0 aliphatic carbocycles. The Labute approximate surface area is 167 Å². The zero-order valence-corrected chi connectivity index (χ0v) is 15.3. The lowest BCUT2D eigenvalue weighted by atomic mass is 9.91. The van der Waals surface area contributed by atoms with Crippen LogP contribution in [0.1, 0.15) is 11.6 Å². The summed E-state index contributed by atoms with van der Waals surface area (Å²) in [6.07, 6.45) is 0. The fourth-order valence-corrected chi connectivity index (χ4v) is 3.75. The van der Waals surface area contributed by atoms with Gasteiger partial charge in [0.05, 0.1) is 23.1 Å². The first kappa shape index (κ1) is 17.0. The molecule has 0 saturated heterocycles. The molecule has 29 heavy (non-hydrogen) atoms. The van der Waals surface area contributed by atoms with Gasteiger partial charge in [-0.05, 0) is 42.0 Å². The lowest BCUT2D eigenvalue weighted by Gasteiger charge is -2.30. The number of ether oxygens (including phenoxy) is 1. The largest absolute Gasteiger partial charge is 0.457 e. The van der Waals surface area contributed by atoms with Crippen molar-refractivity contribution in [2.75, 3.05) is 5.32 Å². The van der Waals surface area contributed by atoms with E-state index in [4.69, 9.17) is 4.74 Å². The number of carbonyl (C=O) groups is 1. The first-order valence-electron chi connectivity index (χ1n) is 9.25. The van der Waals surface area contributed by atoms with Crippen LogP contribution in [-0.2, 0) is 4.79 Å². The Morgan fingerprint density at radius 1 is 0.966 bits per heavy atom. The zero-order chi connectivity index (χ0) is 19.8. The second kappa shape index (κ2) is 6.80. The first-order valence-corrected chi connectivity index (χ1v) is 9.25. The van der Waals surface area contributed by atoms with Gasteiger partial charge in [0.1, 0.15) is 11.5 Å². The predicted molar refractivity (Wildman–Crippen MR) is 109 cm³/mol. The number of carbonyl (C=O) groups excluding carboxylic acids is 1. The van der Waals surface area contributed by atoms with Crippen molar-refractivity contribution in [2.24, 2.45) is 5.92 Å². The SMILES string of the molecule is N#C[C@@H]1C(=O)Nc2nc3ccccc3n2[C@H]1c1cccc(Oc2ccccc2)c1. The maximum Gasteiger partial charge on any atom is 0.246 e. The van der Waals surface area contributed by atoms with E-state index in [0.29, 0.717) is 11.7 Å². The molecule has 6 nitrogen and oxygen atoms in total. The van der Waals surface area contributed by atoms with Gasteiger partial charge in [0, 0.05) is 0 Å². The van der Waals surface area contributed by atoms with Crippen molar-refractivity contribution in [1.82, 2.24) is 9.55 Å². The van der Waals surface area contributed by atoms with Crippen LogP contribution in [0.2, 0.25) is 0 Å². The number of fused-ring (bicyclic) bond motifs is 3. The summed E-state index contributed by atoms with van der Waals surface area (Å²) >= 11 is 0. The fourth-order valence-electron chi connectivity index (χ4n) is 3.75. The Bertz CT molecular complexity index is 1260. The molecule has 6 heteroatoms. The summed E-state index contributed by atoms with van der Waals surface area (Å²) in [4.78, 5) is 17.1. The number of rotatable bonds is 3. The number of nitriles is 1. The van der Waals surface area contributed by atoms with Crippen LogP contribution in [-0.4, -0.2) is 15.5 Å². The number of para-hydroxylation sites is 3. The van der Waals surface area contributed by atoms with Crippen LogP contribution in [0.4, 0.5) is 5.95 Å². The van der Waals surface area contributed by atoms with E-state index in [1.54, 1.807) is 0 Å². The van der Waals surface area contributed by atoms with Gasteiger partial charge in [0.2, 0.25) is 11.9 Å². The number of anilines is 1. The second-order valence-corrected chi connectivity index (χ2v) is 6.82. The van der Waals surface area contributed by atoms with E-state index < -0.39 is 12.0 Å². The molecule has 1 aliphatic heterocycles. The second-order valence-electron chi connectivity index (χ2n) is 6.82. The fraction of sp³-hybridized carbons (Fsp3) is 0.0870. The Morgan fingerprint density at radius 2 is 1.72 bits per heavy atom. The predicted octanol–water partition coefficient (Wildman–Crippen LogP) is 4.51. The molecule has 1 amide bonds. The van der Waals surface area contributed by atoms with Gasteiger partial charge in [-0.25, -0.2) is 4.98 Å². The highest BCUT2D eigenvalue weighted by atomic mass is 16.5. The molecule has 3 aromatic carbocycles. The minimum Gasteiger partial charge on any atom is -0.457 e. The molecule has 5 rings (SSSR count). The van der Waals surface area contributed by atoms with E-state index in [0.717, 1.165) is 22.3 Å². The van der Waals surface area contributed by atoms with Crippen molar-refractivity contribution >= 4 is 22.9 Å². The highest BCUT2D eigenvalue weighted by Crippen LogP contribution is 2.39. The summed E-state index contributed by atoms with van der Waals surface area (Å²) in [6, 6.07) is 26.3. The van der Waals surface area contributed by atoms with Crippen LogP contribution in [0.5, 0.6) is 11.5 Å². The molecular formula is C23H16N4O2. The Balaban J connectivity index is 1.64. The average molecular weight is 380 g/mol. The normalized spacial score (nSPS) is 18.0. The monoisotopic (exact) mass is 380 g/mol. The van der Waals surface area contributed by atoms with Crippen LogP contribution in [0.15, 0.2) is 78.9 Å². The highest BCUT2D eigenvalue weighted by Gasteiger charge is 2.38. The smallest absolute Gasteiger partial charge is 0.246 e. The molecular weight excluding hydrogens is 364 g/mol. The standard InChI is InChI=1S/C23H16N4O2/c24-14-18-21(15-7-6-10-17(13-15)29-16-8-2-1-3-9-16)27-20-12-5-4-11-19(20)25-23(27)26-22(18)28/h1-13,18,21H,(H,25,26,28)/t18-,21-/m0/s1. The van der Waals surface area contributed by atoms with Gasteiger partial charge in [-0.1, -0.05) is 42.5 Å². The van der Waals surface area contributed by atoms with Gasteiger partial charge < -0.3 is 9.30 Å². The third-order valence-electron chi connectivity index (χ3n) is 5.02. The first-order chi connectivity index (χ1) is 14.2. The summed E-state index contributed by atoms with van der Waals surface area (Å²) in [7, 11) is 0. The number of aromatic nitrogens is 2. The Morgan fingerprint density at radius 3 is 2.55 bits per heavy atom. The number of benzene rings is 3. The molecule has 4 aromatic rings. The molecule has 2 heterocycles. The number of hydrogen-bond acceptors (Lipinski definition) is 4. The maximum absolute atomic E-state index is 12.6. The van der Waals surface area contributed by atoms with Crippen molar-refractivity contribution in [1.29, 1.82) is 5.26 Å². The average Bonchev–Trinajstić information content (AvgIpc) is 3.11. The molecule has 0 fully saturated rings. The van der Waals surface area contributed by atoms with E-state index in [1.165, 1.54) is 0 Å². The molecule has 0 radical (unpaired) electrons. The van der Waals surface area contributed by atoms with Crippen molar-refractivity contribution in [3.8, 4) is 17.6 Å². The van der Waals surface area contributed by atoms with Gasteiger partial charge in [0.25, 0.3) is 0 Å². The van der Waals surface area contributed by atoms with Crippen molar-refractivity contribution < 1.29 is 9.53 Å². The molecule has 2 atom stereocenters. The van der Waals surface area contributed by atoms with Crippen molar-refractivity contribution in [3.63, 3.8) is 0 Å². The van der Waals surface area contributed by atoms with Gasteiger partial charge in [-0.15, -0.1) is 0 Å². The maximum atomic E-state index is 12.6. The van der Waals surface area contributed by atoms with E-state index in [2.05, 4.69) is 16.4 Å². The third kappa shape index (κ3) is 2.89. The lowest BCUT2D eigenvalue weighted by molar-refractivity contribution is -0.119. The van der Waals surface area contributed by atoms with E-state index in [9.17, 15) is 10.1 Å². The van der Waals surface area contributed by atoms with Gasteiger partial charge in [0.15, 0.2) is 5.92 Å². The van der Waals surface area contributed by atoms with Crippen molar-refractivity contribution in [3.05, 3.63) is 84.4 Å². The van der Waals surface area contributed by atoms with Crippen LogP contribution < -0.4 is 10.1 Å². The topological polar surface area (TPSA) is 79.9 Å². The number of imidazole rings is 1. The van der Waals surface area contributed by atoms with Gasteiger partial charge in [-0.2, -0.15) is 5.26 Å². The number of nitrogens with zero attached hydrogens (tertiary/aromatic N) is 3. The van der Waals surface area contributed by atoms with E-state index in [1.807, 2.05) is 83.4 Å². The number of hydrogen-bond donors (Lipinski definition) is 1. The summed E-state index contributed by atoms with van der Waals surface area (Å²) in [5, 5.41) is 12.5. The summed E-state index contributed by atoms with van der Waals surface area (Å²) < 4.78 is 7.88. The number of nitrogens with one attached hydrogen (secondary N) is 1. The quantitative estimate of drug-likeness (QED) is 0.567. The van der Waals surface area contributed by atoms with Crippen LogP contribution in [0.25, 0.3) is 11.0 Å². The number of amides is 1. The van der Waals surface area contributed by atoms with E-state index >= 15 is 0 Å². The zero-order valence-electron chi connectivity index (χ0n) is 15.3. The molecule has 1 N–H and O–H groups in total. The van der Waals surface area contributed by atoms with Crippen LogP contribution in [0, 0.1) is 17.2 Å². The summed E-state index contributed by atoms with van der Waals surface area (Å²) in [5.41, 5.74) is 2.44. The molecule has 1 aliphatic rings. The minimum atomic E-state index is -0.882. The van der Waals surface area contributed by atoms with Crippen molar-refractivity contribution in [2.45, 2.75) is 6.04 Å². The third-order valence-corrected chi connectivity index (χ3v) is 5.02. The lowest BCUT2D eigenvalue weighted by Crippen LogP contribution is -2.37. The van der Waals surface area contributed by atoms with Gasteiger partial charge in [-0.3, -0.25) is 10.1 Å². The molecule has 0 unspecified atom stereocenters. The summed E-state index contributed by atoms with van der Waals surface area (Å²) in [6.45, 7) is 0. The minimum absolute atomic E-state index is 0.352. The molecule has 1 aromatic heterocycles. The Hall–Kier alpha value is -4.11. The molecule has 0 spiro atoms. The van der Waals surface area contributed by atoms with E-state index in [-0.39, 0.29) is 5.91 Å². The summed E-state index contributed by atoms with van der Waals surface area (Å²) in [5.74, 6) is 0.572.